The molecule has 1 aliphatic rings. The Morgan fingerprint density at radius 3 is 2.89 bits per heavy atom. The summed E-state index contributed by atoms with van der Waals surface area (Å²) in [5.41, 5.74) is 0.479. The van der Waals surface area contributed by atoms with E-state index in [9.17, 15) is 9.59 Å². The van der Waals surface area contributed by atoms with E-state index in [0.29, 0.717) is 34.6 Å². The quantitative estimate of drug-likeness (QED) is 0.793. The Hall–Kier alpha value is -0.870. The highest BCUT2D eigenvalue weighted by atomic mass is 79.9. The molecule has 0 aromatic heterocycles. The van der Waals surface area contributed by atoms with E-state index in [1.807, 2.05) is 6.92 Å². The summed E-state index contributed by atoms with van der Waals surface area (Å²) in [5.74, 6) is 0.0219. The van der Waals surface area contributed by atoms with Crippen molar-refractivity contribution in [2.75, 3.05) is 13.1 Å². The number of piperidine rings is 1. The molecule has 0 N–H and O–H groups in total. The third-order valence-corrected chi connectivity index (χ3v) is 4.44. The fraction of sp³-hybridized carbons (Fsp3) is 0.385. The van der Waals surface area contributed by atoms with Gasteiger partial charge in [-0.2, -0.15) is 0 Å². The zero-order valence-electron chi connectivity index (χ0n) is 9.95. The molecule has 0 aliphatic carbocycles. The first-order valence-corrected chi connectivity index (χ1v) is 6.94. The van der Waals surface area contributed by atoms with Crippen LogP contribution in [0.1, 0.15) is 23.7 Å². The highest BCUT2D eigenvalue weighted by Crippen LogP contribution is 2.27. The van der Waals surface area contributed by atoms with Crippen LogP contribution in [0.3, 0.4) is 0 Å². The van der Waals surface area contributed by atoms with E-state index < -0.39 is 0 Å². The highest BCUT2D eigenvalue weighted by molar-refractivity contribution is 9.10. The topological polar surface area (TPSA) is 37.4 Å². The number of amides is 1. The Morgan fingerprint density at radius 1 is 1.50 bits per heavy atom. The van der Waals surface area contributed by atoms with Crippen molar-refractivity contribution >= 4 is 39.2 Å². The summed E-state index contributed by atoms with van der Waals surface area (Å²) < 4.78 is 0.705. The molecular weight excluding hydrogens is 318 g/mol. The van der Waals surface area contributed by atoms with Crippen LogP contribution in [0.15, 0.2) is 22.7 Å². The molecule has 1 saturated heterocycles. The molecule has 0 saturated carbocycles. The maximum Gasteiger partial charge on any atom is 0.255 e. The molecule has 1 amide bonds. The number of carbonyl (C=O) groups is 2. The van der Waals surface area contributed by atoms with E-state index in [1.54, 1.807) is 23.1 Å². The molecule has 1 heterocycles. The van der Waals surface area contributed by atoms with E-state index >= 15 is 0 Å². The molecule has 1 aliphatic heterocycles. The Morgan fingerprint density at radius 2 is 2.22 bits per heavy atom. The predicted octanol–water partition coefficient (Wildman–Crippen LogP) is 3.15. The number of carbonyl (C=O) groups excluding carboxylic acids is 2. The fourth-order valence-corrected chi connectivity index (χ4v) is 2.61. The largest absolute Gasteiger partial charge is 0.337 e. The number of hydrogen-bond donors (Lipinski definition) is 0. The minimum absolute atomic E-state index is 0.0892. The van der Waals surface area contributed by atoms with Gasteiger partial charge in [0.1, 0.15) is 5.78 Å². The van der Waals surface area contributed by atoms with Crippen LogP contribution in [0, 0.1) is 5.92 Å². The number of likely N-dealkylation sites (tertiary alicyclic amines) is 1. The maximum atomic E-state index is 12.3. The number of benzene rings is 1. The lowest BCUT2D eigenvalue weighted by Crippen LogP contribution is -2.43. The molecular formula is C13H13BrClNO2. The summed E-state index contributed by atoms with van der Waals surface area (Å²) in [5, 5.41) is 0.423. The van der Waals surface area contributed by atoms with Gasteiger partial charge in [0, 0.05) is 29.9 Å². The molecule has 1 aromatic carbocycles. The molecule has 18 heavy (non-hydrogen) atoms. The number of halogens is 2. The summed E-state index contributed by atoms with van der Waals surface area (Å²) in [6, 6.07) is 5.28. The van der Waals surface area contributed by atoms with Crippen LogP contribution in [-0.2, 0) is 4.79 Å². The summed E-state index contributed by atoms with van der Waals surface area (Å²) in [6.45, 7) is 2.80. The molecule has 2 rings (SSSR count). The van der Waals surface area contributed by atoms with Gasteiger partial charge in [0.25, 0.3) is 5.91 Å². The van der Waals surface area contributed by atoms with E-state index in [4.69, 9.17) is 11.6 Å². The van der Waals surface area contributed by atoms with Gasteiger partial charge in [0.15, 0.2) is 0 Å². The lowest BCUT2D eigenvalue weighted by atomic mass is 9.98. The third-order valence-electron chi connectivity index (χ3n) is 3.14. The first-order chi connectivity index (χ1) is 8.50. The standard InChI is InChI=1S/C13H13BrClNO2/c1-8-7-16(6-5-11(8)17)13(18)9-3-2-4-10(14)12(9)15/h2-4,8H,5-7H2,1H3. The summed E-state index contributed by atoms with van der Waals surface area (Å²) >= 11 is 9.41. The first kappa shape index (κ1) is 13.6. The van der Waals surface area contributed by atoms with E-state index in [2.05, 4.69) is 15.9 Å². The van der Waals surface area contributed by atoms with Gasteiger partial charge in [-0.15, -0.1) is 0 Å². The number of ketones is 1. The number of rotatable bonds is 1. The number of nitrogens with zero attached hydrogens (tertiary/aromatic N) is 1. The van der Waals surface area contributed by atoms with Crippen LogP contribution in [0.5, 0.6) is 0 Å². The zero-order valence-corrected chi connectivity index (χ0v) is 12.3. The van der Waals surface area contributed by atoms with Crippen molar-refractivity contribution in [1.29, 1.82) is 0 Å². The molecule has 3 nitrogen and oxygen atoms in total. The monoisotopic (exact) mass is 329 g/mol. The normalized spacial score (nSPS) is 20.1. The Kier molecular flexibility index (Phi) is 4.07. The predicted molar refractivity (Wildman–Crippen MR) is 73.8 cm³/mol. The van der Waals surface area contributed by atoms with Crippen LogP contribution in [-0.4, -0.2) is 29.7 Å². The van der Waals surface area contributed by atoms with Gasteiger partial charge in [-0.25, -0.2) is 0 Å². The van der Waals surface area contributed by atoms with Crippen molar-refractivity contribution in [3.05, 3.63) is 33.3 Å². The molecule has 0 bridgehead atoms. The van der Waals surface area contributed by atoms with E-state index in [1.165, 1.54) is 0 Å². The van der Waals surface area contributed by atoms with Crippen LogP contribution in [0.25, 0.3) is 0 Å². The van der Waals surface area contributed by atoms with Crippen molar-refractivity contribution in [2.24, 2.45) is 5.92 Å². The second-order valence-electron chi connectivity index (χ2n) is 4.47. The zero-order chi connectivity index (χ0) is 13.3. The van der Waals surface area contributed by atoms with Gasteiger partial charge in [-0.05, 0) is 28.1 Å². The van der Waals surface area contributed by atoms with Gasteiger partial charge >= 0.3 is 0 Å². The lowest BCUT2D eigenvalue weighted by Gasteiger charge is -2.30. The Balaban J connectivity index is 2.22. The van der Waals surface area contributed by atoms with Gasteiger partial charge in [0.2, 0.25) is 0 Å². The molecule has 0 spiro atoms. The molecule has 0 radical (unpaired) electrons. The summed E-state index contributed by atoms with van der Waals surface area (Å²) in [4.78, 5) is 25.5. The van der Waals surface area contributed by atoms with Gasteiger partial charge < -0.3 is 4.90 Å². The van der Waals surface area contributed by atoms with Crippen molar-refractivity contribution in [2.45, 2.75) is 13.3 Å². The molecule has 1 unspecified atom stereocenters. The second kappa shape index (κ2) is 5.41. The van der Waals surface area contributed by atoms with E-state index in [-0.39, 0.29) is 17.6 Å². The van der Waals surface area contributed by atoms with Crippen LogP contribution in [0.4, 0.5) is 0 Å². The van der Waals surface area contributed by atoms with Gasteiger partial charge in [0.05, 0.1) is 10.6 Å². The smallest absolute Gasteiger partial charge is 0.255 e. The molecule has 1 fully saturated rings. The van der Waals surface area contributed by atoms with Crippen LogP contribution >= 0.6 is 27.5 Å². The first-order valence-electron chi connectivity index (χ1n) is 5.76. The minimum atomic E-state index is -0.111. The Labute approximate surface area is 119 Å². The van der Waals surface area contributed by atoms with Crippen molar-refractivity contribution in [3.8, 4) is 0 Å². The van der Waals surface area contributed by atoms with Gasteiger partial charge in [-0.3, -0.25) is 9.59 Å². The van der Waals surface area contributed by atoms with E-state index in [0.717, 1.165) is 0 Å². The summed E-state index contributed by atoms with van der Waals surface area (Å²) in [6.07, 6.45) is 0.429. The van der Waals surface area contributed by atoms with Crippen LogP contribution < -0.4 is 0 Å². The highest BCUT2D eigenvalue weighted by Gasteiger charge is 2.28. The maximum absolute atomic E-state index is 12.3. The average molecular weight is 331 g/mol. The molecule has 1 atom stereocenters. The average Bonchev–Trinajstić information content (AvgIpc) is 2.35. The minimum Gasteiger partial charge on any atom is -0.337 e. The van der Waals surface area contributed by atoms with Crippen molar-refractivity contribution in [3.63, 3.8) is 0 Å². The number of Topliss-reactive ketones (excluding diaryl/α,β-unsaturated/α-hetero) is 1. The SMILES string of the molecule is CC1CN(C(=O)c2cccc(Br)c2Cl)CCC1=O. The molecule has 96 valence electrons. The lowest BCUT2D eigenvalue weighted by molar-refractivity contribution is -0.124. The van der Waals surface area contributed by atoms with Crippen LogP contribution in [0.2, 0.25) is 5.02 Å². The number of hydrogen-bond acceptors (Lipinski definition) is 2. The Bertz CT molecular complexity index is 504. The second-order valence-corrected chi connectivity index (χ2v) is 5.70. The third kappa shape index (κ3) is 2.59. The van der Waals surface area contributed by atoms with Crippen molar-refractivity contribution in [1.82, 2.24) is 4.90 Å². The molecule has 1 aromatic rings. The molecule has 5 heteroatoms. The fourth-order valence-electron chi connectivity index (χ4n) is 2.04. The van der Waals surface area contributed by atoms with Gasteiger partial charge in [-0.1, -0.05) is 24.6 Å². The van der Waals surface area contributed by atoms with Crippen molar-refractivity contribution < 1.29 is 9.59 Å². The summed E-state index contributed by atoms with van der Waals surface area (Å²) in [7, 11) is 0.